The van der Waals surface area contributed by atoms with Gasteiger partial charge >= 0.3 is 34.2 Å². The van der Waals surface area contributed by atoms with Crippen molar-refractivity contribution < 1.29 is 33.9 Å². The topological polar surface area (TPSA) is 88.4 Å². The molecule has 20 heavy (non-hydrogen) atoms. The number of aromatic nitrogens is 1. The Hall–Kier alpha value is -0.798. The summed E-state index contributed by atoms with van der Waals surface area (Å²) in [7, 11) is 4.02. The number of hydrogen-bond donors (Lipinski definition) is 0. The Kier molecular flexibility index (Phi) is 14.2. The van der Waals surface area contributed by atoms with Crippen molar-refractivity contribution in [2.24, 2.45) is 11.8 Å². The van der Waals surface area contributed by atoms with E-state index in [1.54, 1.807) is 0 Å². The number of halogens is 1. The largest absolute Gasteiger partial charge is 0.218 e. The molecule has 0 saturated heterocycles. The maximum absolute atomic E-state index is 10.2. The van der Waals surface area contributed by atoms with Crippen molar-refractivity contribution in [2.45, 2.75) is 33.6 Å². The number of rotatable bonds is 4. The fraction of sp³-hybridized carbons (Fsp3) is 0.538. The van der Waals surface area contributed by atoms with Gasteiger partial charge in [0.15, 0.2) is 12.4 Å². The monoisotopic (exact) mass is 343 g/mol. The third kappa shape index (κ3) is 22.4. The smallest absolute Gasteiger partial charge is 0.166 e. The molecule has 0 fully saturated rings. The van der Waals surface area contributed by atoms with Gasteiger partial charge in [-0.1, -0.05) is 39.7 Å². The van der Waals surface area contributed by atoms with E-state index in [1.807, 2.05) is 37.5 Å². The van der Waals surface area contributed by atoms with Crippen LogP contribution < -0.4 is 9.14 Å². The Balaban J connectivity index is 0. The van der Waals surface area contributed by atoms with E-state index < -0.39 is 12.4 Å². The molecule has 0 amide bonds. The van der Waals surface area contributed by atoms with Gasteiger partial charge in [-0.3, -0.25) is 0 Å². The van der Waals surface area contributed by atoms with Crippen LogP contribution in [0.4, 0.5) is 0 Å². The summed E-state index contributed by atoms with van der Waals surface area (Å²) >= 11 is -5.03. The van der Waals surface area contributed by atoms with Gasteiger partial charge in [-0.25, -0.2) is 4.98 Å². The van der Waals surface area contributed by atoms with Crippen LogP contribution in [0.25, 0.3) is 0 Å². The number of aldehydes is 1. The number of H-pyrrole nitrogens is 1. The molecule has 0 aliphatic rings. The quantitative estimate of drug-likeness (QED) is 0.782. The first-order valence-corrected chi connectivity index (χ1v) is 9.55. The molecular weight excluding hydrogens is 322 g/mol. The average molecular weight is 344 g/mol. The Labute approximate surface area is 126 Å². The maximum Gasteiger partial charge on any atom is 0.166 e. The zero-order chi connectivity index (χ0) is 16.0. The molecule has 1 rings (SSSR count). The Morgan fingerprint density at radius 2 is 1.70 bits per heavy atom. The molecule has 1 aromatic heterocycles. The first kappa shape index (κ1) is 21.5. The van der Waals surface area contributed by atoms with Crippen LogP contribution in [0.1, 0.15) is 33.6 Å². The van der Waals surface area contributed by atoms with Crippen LogP contribution >= 0.6 is 10.0 Å². The molecule has 2 atom stereocenters. The fourth-order valence-electron chi connectivity index (χ4n) is 1.19. The maximum atomic E-state index is 10.2. The van der Waals surface area contributed by atoms with Crippen LogP contribution in [0.5, 0.6) is 0 Å². The Morgan fingerprint density at radius 3 is 1.90 bits per heavy atom. The SMILES string of the molecule is CCC[C@@H](C)[C@@H](C)C=O.[O]=[Cr](=[O])([O-])[Cl].c1cc[nH+]cc1. The van der Waals surface area contributed by atoms with E-state index in [4.69, 9.17) is 11.8 Å². The van der Waals surface area contributed by atoms with Gasteiger partial charge in [-0.2, -0.15) is 0 Å². The van der Waals surface area contributed by atoms with Gasteiger partial charge in [-0.15, -0.1) is 0 Å². The van der Waals surface area contributed by atoms with E-state index in [9.17, 15) is 4.79 Å². The van der Waals surface area contributed by atoms with Crippen molar-refractivity contribution in [3.05, 3.63) is 30.6 Å². The van der Waals surface area contributed by atoms with E-state index >= 15 is 0 Å². The van der Waals surface area contributed by atoms with E-state index in [0.717, 1.165) is 6.29 Å². The van der Waals surface area contributed by atoms with Crippen molar-refractivity contribution in [3.63, 3.8) is 0 Å². The molecule has 0 aliphatic carbocycles. The summed E-state index contributed by atoms with van der Waals surface area (Å²) in [6.07, 6.45) is 7.14. The summed E-state index contributed by atoms with van der Waals surface area (Å²) < 4.78 is 26.7. The van der Waals surface area contributed by atoms with Crippen molar-refractivity contribution >= 4 is 16.3 Å². The molecule has 0 saturated carbocycles. The van der Waals surface area contributed by atoms with E-state index in [2.05, 4.69) is 28.9 Å². The molecule has 0 radical (unpaired) electrons. The van der Waals surface area contributed by atoms with Crippen LogP contribution in [0.3, 0.4) is 0 Å². The molecule has 0 aromatic carbocycles. The van der Waals surface area contributed by atoms with Gasteiger partial charge < -0.3 is 4.79 Å². The zero-order valence-corrected chi connectivity index (χ0v) is 14.0. The molecule has 0 unspecified atom stereocenters. The summed E-state index contributed by atoms with van der Waals surface area (Å²) in [5, 5.41) is 0. The predicted octanol–water partition coefficient (Wildman–Crippen LogP) is 2.02. The van der Waals surface area contributed by atoms with Crippen molar-refractivity contribution in [1.82, 2.24) is 0 Å². The van der Waals surface area contributed by atoms with Gasteiger partial charge in [0, 0.05) is 18.1 Å². The molecular formula is C13H22ClCrNO4. The van der Waals surface area contributed by atoms with Crippen LogP contribution in [-0.4, -0.2) is 6.29 Å². The molecule has 0 spiro atoms. The minimum Gasteiger partial charge on any atom is -0.218 e. The van der Waals surface area contributed by atoms with E-state index in [-0.39, 0.29) is 5.92 Å². The molecule has 0 aliphatic heterocycles. The van der Waals surface area contributed by atoms with E-state index in [1.165, 1.54) is 12.8 Å². The third-order valence-electron chi connectivity index (χ3n) is 2.46. The summed E-state index contributed by atoms with van der Waals surface area (Å²) in [5.74, 6) is 0.803. The molecule has 5 nitrogen and oxygen atoms in total. The second-order valence-corrected chi connectivity index (χ2v) is 7.02. The average Bonchev–Trinajstić information content (AvgIpc) is 2.39. The zero-order valence-electron chi connectivity index (χ0n) is 12.0. The molecule has 0 bridgehead atoms. The van der Waals surface area contributed by atoms with Crippen LogP contribution in [0.15, 0.2) is 30.6 Å². The minimum absolute atomic E-state index is 0.241. The fourth-order valence-corrected chi connectivity index (χ4v) is 1.19. The number of aromatic amines is 1. The van der Waals surface area contributed by atoms with Crippen molar-refractivity contribution in [1.29, 1.82) is 0 Å². The number of nitrogens with one attached hydrogen (secondary N) is 1. The van der Waals surface area contributed by atoms with Gasteiger partial charge in [0.1, 0.15) is 6.29 Å². The second-order valence-electron chi connectivity index (χ2n) is 4.23. The molecule has 1 heterocycles. The standard InChI is InChI=1S/C8H16O.C5H5N.ClH.Cr.3O/c1-4-5-7(2)8(3)6-9;1-2-4-6-5-3-1;;;;;/h6-8H,4-5H2,1-3H3;1-5H;1H;;;;/q;;;+1;;;-1/t7-,8+;;;;;;/m1....../s1. The molecule has 1 aromatic rings. The molecule has 7 heteroatoms. The first-order valence-electron chi connectivity index (χ1n) is 6.24. The predicted molar refractivity (Wildman–Crippen MR) is 69.5 cm³/mol. The molecule has 1 N–H and O–H groups in total. The van der Waals surface area contributed by atoms with Gasteiger partial charge in [0.2, 0.25) is 0 Å². The second kappa shape index (κ2) is 13.2. The van der Waals surface area contributed by atoms with E-state index in [0.29, 0.717) is 5.92 Å². The van der Waals surface area contributed by atoms with Crippen LogP contribution in [-0.2, 0) is 24.8 Å². The van der Waals surface area contributed by atoms with Gasteiger partial charge in [0.05, 0.1) is 0 Å². The Morgan fingerprint density at radius 1 is 1.25 bits per heavy atom. The van der Waals surface area contributed by atoms with Crippen molar-refractivity contribution in [3.8, 4) is 0 Å². The van der Waals surface area contributed by atoms with Gasteiger partial charge in [0.25, 0.3) is 0 Å². The van der Waals surface area contributed by atoms with Crippen LogP contribution in [0.2, 0.25) is 0 Å². The van der Waals surface area contributed by atoms with Crippen molar-refractivity contribution in [2.75, 3.05) is 0 Å². The summed E-state index contributed by atoms with van der Waals surface area (Å²) in [5.41, 5.74) is 0. The number of pyridine rings is 1. The normalized spacial score (nSPS) is 12.8. The Bertz CT molecular complexity index is 391. The minimum atomic E-state index is -5.03. The first-order chi connectivity index (χ1) is 9.22. The summed E-state index contributed by atoms with van der Waals surface area (Å²) in [6, 6.07) is 5.86. The number of carbonyl (C=O) groups is 1. The molecule has 116 valence electrons. The number of carbonyl (C=O) groups excluding carboxylic acids is 1. The number of hydrogen-bond acceptors (Lipinski definition) is 4. The third-order valence-corrected chi connectivity index (χ3v) is 2.46. The van der Waals surface area contributed by atoms with Gasteiger partial charge in [-0.05, 0) is 5.92 Å². The van der Waals surface area contributed by atoms with Crippen LogP contribution in [0, 0.1) is 11.8 Å². The summed E-state index contributed by atoms with van der Waals surface area (Å²) in [4.78, 5) is 13.1. The summed E-state index contributed by atoms with van der Waals surface area (Å²) in [6.45, 7) is 6.25.